The summed E-state index contributed by atoms with van der Waals surface area (Å²) in [5.74, 6) is -1.18. The highest BCUT2D eigenvalue weighted by Gasteiger charge is 2.19. The van der Waals surface area contributed by atoms with Gasteiger partial charge in [0.1, 0.15) is 23.1 Å². The van der Waals surface area contributed by atoms with E-state index in [-0.39, 0.29) is 17.0 Å². The van der Waals surface area contributed by atoms with Crippen molar-refractivity contribution in [1.29, 1.82) is 5.41 Å². The van der Waals surface area contributed by atoms with E-state index in [0.29, 0.717) is 29.7 Å². The van der Waals surface area contributed by atoms with Crippen LogP contribution in [0.5, 0.6) is 5.75 Å². The molecule has 32 heavy (non-hydrogen) atoms. The number of nitrogens with one attached hydrogen (secondary N) is 1. The van der Waals surface area contributed by atoms with Crippen LogP contribution in [0.2, 0.25) is 0 Å². The second-order valence-electron chi connectivity index (χ2n) is 6.62. The van der Waals surface area contributed by atoms with Crippen molar-refractivity contribution in [2.75, 3.05) is 0 Å². The van der Waals surface area contributed by atoms with E-state index in [9.17, 15) is 13.6 Å². The van der Waals surface area contributed by atoms with E-state index in [0.717, 1.165) is 12.0 Å². The van der Waals surface area contributed by atoms with Crippen molar-refractivity contribution in [3.63, 3.8) is 0 Å². The molecule has 172 valence electrons. The van der Waals surface area contributed by atoms with Gasteiger partial charge in [0.05, 0.1) is 23.2 Å². The molecule has 0 aliphatic heterocycles. The number of nitrogens with zero attached hydrogens (tertiary/aromatic N) is 3. The Kier molecular flexibility index (Phi) is 10.9. The molecule has 0 bridgehead atoms. The Morgan fingerprint density at radius 1 is 1.28 bits per heavy atom. The van der Waals surface area contributed by atoms with Gasteiger partial charge in [0.25, 0.3) is 0 Å². The molecule has 0 saturated carbocycles. The molecular weight excluding hydrogens is 414 g/mol. The molecule has 0 atom stereocenters. The first-order valence-corrected chi connectivity index (χ1v) is 10.4. The average molecular weight is 445 g/mol. The molecule has 8 heteroatoms. The Labute approximate surface area is 187 Å². The Hall–Kier alpha value is -3.42. The van der Waals surface area contributed by atoms with E-state index in [4.69, 9.17) is 10.1 Å². The van der Waals surface area contributed by atoms with Crippen LogP contribution in [0.25, 0.3) is 17.0 Å². The molecule has 2 aromatic rings. The van der Waals surface area contributed by atoms with Crippen LogP contribution in [-0.2, 0) is 0 Å². The van der Waals surface area contributed by atoms with E-state index in [1.807, 2.05) is 27.7 Å². The molecule has 1 aromatic carbocycles. The summed E-state index contributed by atoms with van der Waals surface area (Å²) in [5.41, 5.74) is 2.04. The zero-order valence-electron chi connectivity index (χ0n) is 19.4. The molecule has 0 aliphatic rings. The summed E-state index contributed by atoms with van der Waals surface area (Å²) in [5, 5.41) is 15.1. The molecule has 0 amide bonds. The van der Waals surface area contributed by atoms with Crippen molar-refractivity contribution >= 4 is 18.2 Å². The van der Waals surface area contributed by atoms with Crippen LogP contribution < -0.4 is 4.74 Å². The highest BCUT2D eigenvalue weighted by atomic mass is 19.1. The predicted molar refractivity (Wildman–Crippen MR) is 124 cm³/mol. The maximum Gasteiger partial charge on any atom is 0.156 e. The second-order valence-corrected chi connectivity index (χ2v) is 6.62. The third-order valence-electron chi connectivity index (χ3n) is 4.43. The summed E-state index contributed by atoms with van der Waals surface area (Å²) in [6.07, 6.45) is 7.28. The minimum absolute atomic E-state index is 0.0602. The molecule has 6 nitrogen and oxygen atoms in total. The lowest BCUT2D eigenvalue weighted by Crippen LogP contribution is -2.02. The van der Waals surface area contributed by atoms with Gasteiger partial charge in [0, 0.05) is 12.0 Å². The third-order valence-corrected chi connectivity index (χ3v) is 4.43. The fraction of sp³-hybridized carbons (Fsp3) is 0.333. The Bertz CT molecular complexity index is 1030. The molecule has 1 aromatic heterocycles. The standard InChI is InChI=1S/C22H24F2N4O2.C2H6/c1-5-14(2)13-30-21-11-17(10-19(24)18(21)12-29)22-16(4)28(27-26-22)20(15(3)23)8-6-7-9-25;1-2/h6,8-13,25H,5,7H2,1-4H3;1-2H3/b8-6?,14-13-,20-15-,25-9?;. The molecular formula is C24H30F2N4O2. The zero-order valence-corrected chi connectivity index (χ0v) is 19.4. The maximum atomic E-state index is 14.5. The van der Waals surface area contributed by atoms with Gasteiger partial charge in [0.2, 0.25) is 0 Å². The van der Waals surface area contributed by atoms with E-state index in [1.54, 1.807) is 13.0 Å². The molecule has 0 spiro atoms. The van der Waals surface area contributed by atoms with Crippen molar-refractivity contribution < 1.29 is 18.3 Å². The van der Waals surface area contributed by atoms with Gasteiger partial charge in [-0.1, -0.05) is 32.1 Å². The van der Waals surface area contributed by atoms with Gasteiger partial charge in [-0.25, -0.2) is 13.5 Å². The number of carbonyl (C=O) groups excluding carboxylic acids is 1. The number of allylic oxidation sites excluding steroid dienone is 5. The van der Waals surface area contributed by atoms with E-state index in [2.05, 4.69) is 10.3 Å². The van der Waals surface area contributed by atoms with Crippen LogP contribution in [0.4, 0.5) is 8.78 Å². The monoisotopic (exact) mass is 444 g/mol. The van der Waals surface area contributed by atoms with Crippen molar-refractivity contribution in [3.05, 3.63) is 59.0 Å². The Morgan fingerprint density at radius 3 is 2.53 bits per heavy atom. The molecule has 1 heterocycles. The topological polar surface area (TPSA) is 80.9 Å². The number of benzene rings is 1. The minimum Gasteiger partial charge on any atom is -0.464 e. The fourth-order valence-corrected chi connectivity index (χ4v) is 2.59. The number of aldehydes is 1. The van der Waals surface area contributed by atoms with Gasteiger partial charge in [-0.05, 0) is 57.2 Å². The second kappa shape index (κ2) is 13.1. The van der Waals surface area contributed by atoms with Crippen molar-refractivity contribution in [2.24, 2.45) is 0 Å². The van der Waals surface area contributed by atoms with Crippen LogP contribution in [0, 0.1) is 18.2 Å². The summed E-state index contributed by atoms with van der Waals surface area (Å²) in [4.78, 5) is 11.3. The number of halogens is 2. The largest absolute Gasteiger partial charge is 0.464 e. The highest BCUT2D eigenvalue weighted by Crippen LogP contribution is 2.31. The SMILES string of the molecule is CC.CC/C(C)=C\Oc1cc(-c2nnn(/C(C=CCC=N)=C(/C)F)c2C)cc(F)c1C=O. The lowest BCUT2D eigenvalue weighted by molar-refractivity contribution is 0.111. The number of ether oxygens (including phenoxy) is 1. The number of hydrogen-bond acceptors (Lipinski definition) is 5. The third kappa shape index (κ3) is 6.54. The van der Waals surface area contributed by atoms with Gasteiger partial charge in [-0.2, -0.15) is 0 Å². The lowest BCUT2D eigenvalue weighted by Gasteiger charge is -2.09. The van der Waals surface area contributed by atoms with E-state index in [1.165, 1.54) is 42.3 Å². The van der Waals surface area contributed by atoms with Crippen LogP contribution in [0.15, 0.2) is 41.9 Å². The van der Waals surface area contributed by atoms with Gasteiger partial charge >= 0.3 is 0 Å². The van der Waals surface area contributed by atoms with Gasteiger partial charge in [-0.3, -0.25) is 4.79 Å². The van der Waals surface area contributed by atoms with Crippen molar-refractivity contribution in [1.82, 2.24) is 15.0 Å². The van der Waals surface area contributed by atoms with Crippen LogP contribution in [0.1, 0.15) is 63.5 Å². The molecule has 0 radical (unpaired) electrons. The molecule has 1 N–H and O–H groups in total. The number of carbonyl (C=O) groups is 1. The number of aromatic nitrogens is 3. The molecule has 0 unspecified atom stereocenters. The maximum absolute atomic E-state index is 14.5. The molecule has 0 aliphatic carbocycles. The smallest absolute Gasteiger partial charge is 0.156 e. The summed E-state index contributed by atoms with van der Waals surface area (Å²) in [6.45, 7) is 10.8. The zero-order chi connectivity index (χ0) is 24.3. The normalized spacial score (nSPS) is 12.2. The first-order valence-electron chi connectivity index (χ1n) is 10.4. The molecule has 0 saturated heterocycles. The summed E-state index contributed by atoms with van der Waals surface area (Å²) in [6, 6.07) is 2.68. The number of rotatable bonds is 9. The van der Waals surface area contributed by atoms with Gasteiger partial charge < -0.3 is 10.1 Å². The molecule has 2 rings (SSSR count). The van der Waals surface area contributed by atoms with E-state index < -0.39 is 11.6 Å². The van der Waals surface area contributed by atoms with Crippen LogP contribution in [-0.4, -0.2) is 27.5 Å². The molecule has 0 fully saturated rings. The quantitative estimate of drug-likeness (QED) is 0.202. The minimum atomic E-state index is -0.752. The first kappa shape index (κ1) is 26.6. The fourth-order valence-electron chi connectivity index (χ4n) is 2.59. The number of hydrogen-bond donors (Lipinski definition) is 1. The summed E-state index contributed by atoms with van der Waals surface area (Å²) >= 11 is 0. The van der Waals surface area contributed by atoms with Crippen molar-refractivity contribution in [3.8, 4) is 17.0 Å². The average Bonchev–Trinajstić information content (AvgIpc) is 3.16. The summed E-state index contributed by atoms with van der Waals surface area (Å²) in [7, 11) is 0. The van der Waals surface area contributed by atoms with Gasteiger partial charge in [-0.15, -0.1) is 5.10 Å². The van der Waals surface area contributed by atoms with Crippen LogP contribution >= 0.6 is 0 Å². The predicted octanol–water partition coefficient (Wildman–Crippen LogP) is 6.68. The lowest BCUT2D eigenvalue weighted by atomic mass is 10.1. The first-order chi connectivity index (χ1) is 15.3. The van der Waals surface area contributed by atoms with Crippen molar-refractivity contribution in [2.45, 2.75) is 54.4 Å². The van der Waals surface area contributed by atoms with Crippen LogP contribution in [0.3, 0.4) is 0 Å². The Balaban J connectivity index is 0.00000249. The van der Waals surface area contributed by atoms with Gasteiger partial charge in [0.15, 0.2) is 6.29 Å². The Morgan fingerprint density at radius 2 is 1.97 bits per heavy atom. The highest BCUT2D eigenvalue weighted by molar-refractivity contribution is 5.82. The summed E-state index contributed by atoms with van der Waals surface area (Å²) < 4.78 is 35.4. The van der Waals surface area contributed by atoms with E-state index >= 15 is 0 Å².